The van der Waals surface area contributed by atoms with Crippen molar-refractivity contribution in [3.63, 3.8) is 0 Å². The lowest BCUT2D eigenvalue weighted by atomic mass is 9.77. The van der Waals surface area contributed by atoms with Gasteiger partial charge in [-0.1, -0.05) is 18.2 Å². The van der Waals surface area contributed by atoms with E-state index in [0.29, 0.717) is 23.6 Å². The Morgan fingerprint density at radius 3 is 2.23 bits per heavy atom. The fourth-order valence-corrected chi connectivity index (χ4v) is 4.00. The smallest absolute Gasteiger partial charge is 0.429 e. The Labute approximate surface area is 178 Å². The van der Waals surface area contributed by atoms with E-state index in [1.165, 1.54) is 12.1 Å². The summed E-state index contributed by atoms with van der Waals surface area (Å²) in [5, 5.41) is 8.65. The highest BCUT2D eigenvalue weighted by molar-refractivity contribution is 5.38. The van der Waals surface area contributed by atoms with E-state index in [9.17, 15) is 22.0 Å². The van der Waals surface area contributed by atoms with E-state index in [4.69, 9.17) is 5.26 Å². The molecule has 2 aromatic carbocycles. The van der Waals surface area contributed by atoms with Gasteiger partial charge < -0.3 is 4.74 Å². The first kappa shape index (κ1) is 22.8. The summed E-state index contributed by atoms with van der Waals surface area (Å²) in [5.41, 5.74) is -1.29. The quantitative estimate of drug-likeness (QED) is 0.351. The van der Waals surface area contributed by atoms with E-state index < -0.39 is 40.4 Å². The Morgan fingerprint density at radius 1 is 1.03 bits per heavy atom. The van der Waals surface area contributed by atoms with Crippen LogP contribution in [0.25, 0.3) is 0 Å². The molecule has 0 unspecified atom stereocenters. The highest BCUT2D eigenvalue weighted by Crippen LogP contribution is 2.40. The number of hydrogen-bond acceptors (Lipinski definition) is 2. The van der Waals surface area contributed by atoms with Crippen LogP contribution in [0.5, 0.6) is 5.75 Å². The minimum absolute atomic E-state index is 0.0988. The molecule has 1 aliphatic rings. The van der Waals surface area contributed by atoms with Gasteiger partial charge >= 0.3 is 6.11 Å². The molecule has 1 fully saturated rings. The molecule has 164 valence electrons. The lowest BCUT2D eigenvalue weighted by Gasteiger charge is -2.28. The van der Waals surface area contributed by atoms with Gasteiger partial charge in [0.2, 0.25) is 0 Å². The summed E-state index contributed by atoms with van der Waals surface area (Å²) in [6.07, 6.45) is 4.71. The van der Waals surface area contributed by atoms with E-state index in [-0.39, 0.29) is 5.92 Å². The lowest BCUT2D eigenvalue weighted by Crippen LogP contribution is -2.24. The number of rotatable bonds is 6. The number of nitrogens with zero attached hydrogens (tertiary/aromatic N) is 1. The van der Waals surface area contributed by atoms with Gasteiger partial charge in [0.15, 0.2) is 0 Å². The summed E-state index contributed by atoms with van der Waals surface area (Å²) in [5.74, 6) is -3.98. The van der Waals surface area contributed by atoms with Crippen LogP contribution in [0.2, 0.25) is 0 Å². The zero-order valence-corrected chi connectivity index (χ0v) is 17.0. The van der Waals surface area contributed by atoms with Crippen molar-refractivity contribution in [1.29, 1.82) is 5.26 Å². The first-order valence-electron chi connectivity index (χ1n) is 10.1. The van der Waals surface area contributed by atoms with Crippen LogP contribution in [0.1, 0.15) is 61.6 Å². The predicted octanol–water partition coefficient (Wildman–Crippen LogP) is 7.34. The van der Waals surface area contributed by atoms with Crippen molar-refractivity contribution in [3.8, 4) is 11.8 Å². The third kappa shape index (κ3) is 5.25. The summed E-state index contributed by atoms with van der Waals surface area (Å²) in [6, 6.07) is 5.71. The van der Waals surface area contributed by atoms with Gasteiger partial charge in [0.05, 0.1) is 5.56 Å². The van der Waals surface area contributed by atoms with Crippen molar-refractivity contribution in [1.82, 2.24) is 0 Å². The molecule has 0 atom stereocenters. The van der Waals surface area contributed by atoms with Crippen molar-refractivity contribution >= 4 is 0 Å². The van der Waals surface area contributed by atoms with Crippen LogP contribution in [-0.2, 0) is 6.11 Å². The first-order valence-corrected chi connectivity index (χ1v) is 10.1. The van der Waals surface area contributed by atoms with Crippen LogP contribution in [0.15, 0.2) is 42.5 Å². The highest BCUT2D eigenvalue weighted by atomic mass is 19.3. The Balaban J connectivity index is 1.74. The number of benzene rings is 2. The number of ether oxygens (including phenoxy) is 1. The highest BCUT2D eigenvalue weighted by Gasteiger charge is 2.38. The molecular formula is C24H22F5NO. The van der Waals surface area contributed by atoms with Gasteiger partial charge in [0.25, 0.3) is 0 Å². The minimum Gasteiger partial charge on any atom is -0.429 e. The van der Waals surface area contributed by atoms with Crippen molar-refractivity contribution in [2.75, 3.05) is 0 Å². The van der Waals surface area contributed by atoms with Crippen LogP contribution in [0, 0.1) is 34.7 Å². The van der Waals surface area contributed by atoms with Crippen molar-refractivity contribution in [2.45, 2.75) is 51.1 Å². The van der Waals surface area contributed by atoms with Gasteiger partial charge in [-0.25, -0.2) is 13.2 Å². The summed E-state index contributed by atoms with van der Waals surface area (Å²) in [4.78, 5) is 0. The largest absolute Gasteiger partial charge is 0.429 e. The summed E-state index contributed by atoms with van der Waals surface area (Å²) < 4.78 is 75.3. The minimum atomic E-state index is -4.15. The van der Waals surface area contributed by atoms with Crippen molar-refractivity contribution in [2.24, 2.45) is 5.92 Å². The number of nitriles is 1. The molecule has 7 heteroatoms. The molecule has 0 bridgehead atoms. The monoisotopic (exact) mass is 435 g/mol. The lowest BCUT2D eigenvalue weighted by molar-refractivity contribution is -0.187. The Morgan fingerprint density at radius 2 is 1.68 bits per heavy atom. The molecule has 0 saturated heterocycles. The third-order valence-electron chi connectivity index (χ3n) is 5.70. The number of halogens is 5. The molecule has 0 amide bonds. The standard InChI is InChI=1S/C24H22F5NO/c1-2-3-4-15-5-7-16(8-6-15)17-9-10-20(23(27)11-17)24(28,29)31-18-12-21(25)19(14-30)22(26)13-18/h2-3,9-13,15-16H,4-8H2,1H3/t15-,16-. The number of alkyl halides is 2. The van der Waals surface area contributed by atoms with Gasteiger partial charge in [-0.05, 0) is 68.6 Å². The van der Waals surface area contributed by atoms with Crippen molar-refractivity contribution in [3.05, 3.63) is 76.6 Å². The normalized spacial score (nSPS) is 19.4. The molecule has 3 rings (SSSR count). The Bertz CT molecular complexity index is 981. The molecule has 0 radical (unpaired) electrons. The molecule has 2 aromatic rings. The third-order valence-corrected chi connectivity index (χ3v) is 5.70. The van der Waals surface area contributed by atoms with Crippen molar-refractivity contribution < 1.29 is 26.7 Å². The molecule has 0 aromatic heterocycles. The molecule has 0 aliphatic heterocycles. The fourth-order valence-electron chi connectivity index (χ4n) is 4.00. The maximum atomic E-state index is 14.6. The van der Waals surface area contributed by atoms with E-state index >= 15 is 0 Å². The molecule has 1 saturated carbocycles. The van der Waals surface area contributed by atoms with E-state index in [1.54, 1.807) is 0 Å². The zero-order valence-electron chi connectivity index (χ0n) is 17.0. The Kier molecular flexibility index (Phi) is 6.99. The van der Waals surface area contributed by atoms with Crippen LogP contribution < -0.4 is 4.74 Å². The number of allylic oxidation sites excluding steroid dienone is 2. The van der Waals surface area contributed by atoms with E-state index in [1.807, 2.05) is 13.0 Å². The average molecular weight is 435 g/mol. The van der Waals surface area contributed by atoms with Gasteiger partial charge in [-0.3, -0.25) is 0 Å². The molecule has 2 nitrogen and oxygen atoms in total. The van der Waals surface area contributed by atoms with Gasteiger partial charge in [-0.2, -0.15) is 14.0 Å². The predicted molar refractivity (Wildman–Crippen MR) is 106 cm³/mol. The maximum absolute atomic E-state index is 14.6. The molecule has 0 spiro atoms. The fraction of sp³-hybridized carbons (Fsp3) is 0.375. The second kappa shape index (κ2) is 9.51. The number of hydrogen-bond donors (Lipinski definition) is 0. The van der Waals surface area contributed by atoms with E-state index in [2.05, 4.69) is 10.8 Å². The topological polar surface area (TPSA) is 33.0 Å². The molecule has 31 heavy (non-hydrogen) atoms. The van der Waals surface area contributed by atoms with Gasteiger partial charge in [-0.15, -0.1) is 0 Å². The second-order valence-corrected chi connectivity index (χ2v) is 7.75. The van der Waals surface area contributed by atoms with Crippen LogP contribution >= 0.6 is 0 Å². The maximum Gasteiger partial charge on any atom is 0.429 e. The molecular weight excluding hydrogens is 413 g/mol. The first-order chi connectivity index (χ1) is 14.7. The summed E-state index contributed by atoms with van der Waals surface area (Å²) >= 11 is 0. The molecule has 1 aliphatic carbocycles. The van der Waals surface area contributed by atoms with Crippen LogP contribution in [-0.4, -0.2) is 0 Å². The SMILES string of the molecule is CC=CC[C@H]1CC[C@H](c2ccc(C(F)(F)Oc3cc(F)c(C#N)c(F)c3)c(F)c2)CC1. The molecule has 0 N–H and O–H groups in total. The summed E-state index contributed by atoms with van der Waals surface area (Å²) in [7, 11) is 0. The van der Waals surface area contributed by atoms with Crippen LogP contribution in [0.4, 0.5) is 22.0 Å². The van der Waals surface area contributed by atoms with Crippen LogP contribution in [0.3, 0.4) is 0 Å². The molecule has 0 heterocycles. The average Bonchev–Trinajstić information content (AvgIpc) is 2.72. The van der Waals surface area contributed by atoms with E-state index in [0.717, 1.165) is 44.2 Å². The van der Waals surface area contributed by atoms with Gasteiger partial charge in [0.1, 0.15) is 34.8 Å². The second-order valence-electron chi connectivity index (χ2n) is 7.75. The van der Waals surface area contributed by atoms with Gasteiger partial charge in [0, 0.05) is 12.1 Å². The summed E-state index contributed by atoms with van der Waals surface area (Å²) in [6.45, 7) is 1.98. The Hall–Kier alpha value is -2.88. The zero-order chi connectivity index (χ0) is 22.6.